The van der Waals surface area contributed by atoms with E-state index in [4.69, 9.17) is 33.2 Å². The Morgan fingerprint density at radius 2 is 1.24 bits per heavy atom. The standard InChI is InChI=1S/C27H34O11/c1-32-17-6-4-13(8-19(17)34-3)25-15-11-36-26(16(15)12-35-25)14-5-7-18(33-2)20(9-14)37-27-24(31)23(30)22(29)21(10-28)38-27/h4-9,15-16,21-31H,10-12H2,1-3H3. The van der Waals surface area contributed by atoms with E-state index in [1.165, 1.54) is 7.11 Å². The maximum Gasteiger partial charge on any atom is 0.229 e. The molecule has 0 amide bonds. The molecular weight excluding hydrogens is 500 g/mol. The number of hydrogen-bond acceptors (Lipinski definition) is 11. The zero-order valence-electron chi connectivity index (χ0n) is 21.4. The minimum atomic E-state index is -1.55. The van der Waals surface area contributed by atoms with Gasteiger partial charge in [0.15, 0.2) is 23.0 Å². The Balaban J connectivity index is 1.35. The van der Waals surface area contributed by atoms with Crippen molar-refractivity contribution in [1.29, 1.82) is 0 Å². The summed E-state index contributed by atoms with van der Waals surface area (Å²) < 4.78 is 40.1. The van der Waals surface area contributed by atoms with Crippen LogP contribution in [-0.4, -0.2) is 92.3 Å². The first-order valence-electron chi connectivity index (χ1n) is 12.5. The van der Waals surface area contributed by atoms with Gasteiger partial charge in [-0.05, 0) is 35.4 Å². The van der Waals surface area contributed by atoms with Gasteiger partial charge in [0.2, 0.25) is 6.29 Å². The Kier molecular flexibility index (Phi) is 7.96. The van der Waals surface area contributed by atoms with Gasteiger partial charge in [0.05, 0.1) is 53.4 Å². The van der Waals surface area contributed by atoms with Crippen LogP contribution in [0.1, 0.15) is 23.3 Å². The minimum Gasteiger partial charge on any atom is -0.493 e. The van der Waals surface area contributed by atoms with Gasteiger partial charge in [-0.2, -0.15) is 0 Å². The van der Waals surface area contributed by atoms with Crippen LogP contribution in [0, 0.1) is 11.8 Å². The molecule has 0 aliphatic carbocycles. The molecule has 9 atom stereocenters. The quantitative estimate of drug-likeness (QED) is 0.384. The van der Waals surface area contributed by atoms with Crippen LogP contribution in [0.25, 0.3) is 0 Å². The van der Waals surface area contributed by atoms with Crippen molar-refractivity contribution in [3.05, 3.63) is 47.5 Å². The first-order valence-corrected chi connectivity index (χ1v) is 12.5. The predicted molar refractivity (Wildman–Crippen MR) is 131 cm³/mol. The van der Waals surface area contributed by atoms with Gasteiger partial charge in [-0.1, -0.05) is 12.1 Å². The van der Waals surface area contributed by atoms with Crippen LogP contribution in [0.3, 0.4) is 0 Å². The Hall–Kier alpha value is -2.64. The van der Waals surface area contributed by atoms with E-state index in [1.54, 1.807) is 26.4 Å². The average molecular weight is 535 g/mol. The fourth-order valence-corrected chi connectivity index (χ4v) is 5.52. The lowest BCUT2D eigenvalue weighted by atomic mass is 9.85. The van der Waals surface area contributed by atoms with Crippen LogP contribution in [0.15, 0.2) is 36.4 Å². The van der Waals surface area contributed by atoms with Gasteiger partial charge >= 0.3 is 0 Å². The molecular formula is C27H34O11. The van der Waals surface area contributed by atoms with Crippen molar-refractivity contribution in [2.24, 2.45) is 11.8 Å². The Labute approximate surface area is 220 Å². The summed E-state index contributed by atoms with van der Waals surface area (Å²) >= 11 is 0. The van der Waals surface area contributed by atoms with Crippen LogP contribution in [-0.2, 0) is 14.2 Å². The summed E-state index contributed by atoms with van der Waals surface area (Å²) in [7, 11) is 4.68. The van der Waals surface area contributed by atoms with Crippen LogP contribution < -0.4 is 18.9 Å². The fraction of sp³-hybridized carbons (Fsp3) is 0.556. The highest BCUT2D eigenvalue weighted by molar-refractivity contribution is 5.45. The normalized spacial score (nSPS) is 34.6. The Morgan fingerprint density at radius 1 is 0.711 bits per heavy atom. The zero-order valence-corrected chi connectivity index (χ0v) is 21.4. The summed E-state index contributed by atoms with van der Waals surface area (Å²) in [6.07, 6.45) is -7.43. The van der Waals surface area contributed by atoms with E-state index in [0.29, 0.717) is 30.5 Å². The third-order valence-corrected chi connectivity index (χ3v) is 7.61. The summed E-state index contributed by atoms with van der Waals surface area (Å²) in [4.78, 5) is 0. The van der Waals surface area contributed by atoms with E-state index in [-0.39, 0.29) is 29.8 Å². The van der Waals surface area contributed by atoms with Crippen LogP contribution in [0.2, 0.25) is 0 Å². The maximum absolute atomic E-state index is 10.4. The first kappa shape index (κ1) is 26.9. The number of ether oxygens (including phenoxy) is 7. The van der Waals surface area contributed by atoms with E-state index in [9.17, 15) is 20.4 Å². The number of hydrogen-bond donors (Lipinski definition) is 4. The van der Waals surface area contributed by atoms with E-state index in [1.807, 2.05) is 24.3 Å². The lowest BCUT2D eigenvalue weighted by molar-refractivity contribution is -0.277. The molecule has 0 saturated carbocycles. The first-order chi connectivity index (χ1) is 18.4. The van der Waals surface area contributed by atoms with Crippen LogP contribution in [0.4, 0.5) is 0 Å². The number of rotatable bonds is 8. The molecule has 4 N–H and O–H groups in total. The molecule has 3 aliphatic rings. The molecule has 9 unspecified atom stereocenters. The lowest BCUT2D eigenvalue weighted by Crippen LogP contribution is -2.60. The monoisotopic (exact) mass is 534 g/mol. The number of methoxy groups -OCH3 is 3. The van der Waals surface area contributed by atoms with Crippen molar-refractivity contribution < 1.29 is 53.6 Å². The molecule has 0 bridgehead atoms. The summed E-state index contributed by atoms with van der Waals surface area (Å²) in [5, 5.41) is 40.1. The molecule has 3 fully saturated rings. The molecule has 5 rings (SSSR count). The third-order valence-electron chi connectivity index (χ3n) is 7.61. The highest BCUT2D eigenvalue weighted by Crippen LogP contribution is 2.51. The van der Waals surface area contributed by atoms with Crippen LogP contribution >= 0.6 is 0 Å². The second-order valence-electron chi connectivity index (χ2n) is 9.68. The molecule has 3 saturated heterocycles. The summed E-state index contributed by atoms with van der Waals surface area (Å²) in [5.74, 6) is 2.13. The highest BCUT2D eigenvalue weighted by atomic mass is 16.7. The van der Waals surface area contributed by atoms with Gasteiger partial charge in [-0.3, -0.25) is 0 Å². The number of benzene rings is 2. The van der Waals surface area contributed by atoms with Crippen molar-refractivity contribution in [2.75, 3.05) is 41.2 Å². The highest BCUT2D eigenvalue weighted by Gasteiger charge is 2.49. The van der Waals surface area contributed by atoms with Crippen molar-refractivity contribution in [2.45, 2.75) is 42.9 Å². The van der Waals surface area contributed by atoms with Crippen molar-refractivity contribution in [3.63, 3.8) is 0 Å². The van der Waals surface area contributed by atoms with E-state index in [2.05, 4.69) is 0 Å². The molecule has 2 aromatic rings. The second kappa shape index (κ2) is 11.2. The molecule has 0 aromatic heterocycles. The summed E-state index contributed by atoms with van der Waals surface area (Å²) in [6, 6.07) is 11.1. The molecule has 0 radical (unpaired) electrons. The van der Waals surface area contributed by atoms with E-state index < -0.39 is 37.3 Å². The van der Waals surface area contributed by atoms with E-state index in [0.717, 1.165) is 11.1 Å². The molecule has 11 heteroatoms. The molecule has 0 spiro atoms. The topological polar surface area (TPSA) is 146 Å². The van der Waals surface area contributed by atoms with Gasteiger partial charge in [0.1, 0.15) is 24.4 Å². The third kappa shape index (κ3) is 4.79. The van der Waals surface area contributed by atoms with Crippen molar-refractivity contribution in [1.82, 2.24) is 0 Å². The summed E-state index contributed by atoms with van der Waals surface area (Å²) in [6.45, 7) is 0.453. The number of fused-ring (bicyclic) bond motifs is 1. The van der Waals surface area contributed by atoms with Gasteiger partial charge in [-0.25, -0.2) is 0 Å². The zero-order chi connectivity index (χ0) is 27.0. The maximum atomic E-state index is 10.4. The molecule has 208 valence electrons. The van der Waals surface area contributed by atoms with Gasteiger partial charge in [0.25, 0.3) is 0 Å². The van der Waals surface area contributed by atoms with Gasteiger partial charge < -0.3 is 53.6 Å². The molecule has 11 nitrogen and oxygen atoms in total. The second-order valence-corrected chi connectivity index (χ2v) is 9.68. The molecule has 38 heavy (non-hydrogen) atoms. The van der Waals surface area contributed by atoms with Crippen LogP contribution in [0.5, 0.6) is 23.0 Å². The van der Waals surface area contributed by atoms with Crippen molar-refractivity contribution in [3.8, 4) is 23.0 Å². The van der Waals surface area contributed by atoms with Gasteiger partial charge in [0, 0.05) is 11.8 Å². The molecule has 3 aliphatic heterocycles. The summed E-state index contributed by atoms with van der Waals surface area (Å²) in [5.41, 5.74) is 1.82. The average Bonchev–Trinajstić information content (AvgIpc) is 3.55. The van der Waals surface area contributed by atoms with Crippen molar-refractivity contribution >= 4 is 0 Å². The largest absolute Gasteiger partial charge is 0.493 e. The minimum absolute atomic E-state index is 0.0848. The number of aliphatic hydroxyl groups is 4. The smallest absolute Gasteiger partial charge is 0.229 e. The van der Waals surface area contributed by atoms with E-state index >= 15 is 0 Å². The Bertz CT molecular complexity index is 1110. The Morgan fingerprint density at radius 3 is 1.76 bits per heavy atom. The number of aliphatic hydroxyl groups excluding tert-OH is 4. The van der Waals surface area contributed by atoms with Gasteiger partial charge in [-0.15, -0.1) is 0 Å². The fourth-order valence-electron chi connectivity index (χ4n) is 5.52. The predicted octanol–water partition coefficient (Wildman–Crippen LogP) is 0.966. The SMILES string of the molecule is COc1ccc(C2OCC3C(c4ccc(OC)c(OC5OC(CO)C(O)C(O)C5O)c4)OCC23)cc1OC. The lowest BCUT2D eigenvalue weighted by Gasteiger charge is -2.39. The molecule has 3 heterocycles. The molecule has 2 aromatic carbocycles.